The van der Waals surface area contributed by atoms with Crippen LogP contribution >= 0.6 is 0 Å². The smallest absolute Gasteiger partial charge is 0.228 e. The molecule has 7 nitrogen and oxygen atoms in total. The Hall–Kier alpha value is -3.24. The minimum absolute atomic E-state index is 0.0604. The minimum atomic E-state index is -0.322. The largest absolute Gasteiger partial charge is 0.487 e. The van der Waals surface area contributed by atoms with Gasteiger partial charge in [-0.15, -0.1) is 11.5 Å². The van der Waals surface area contributed by atoms with Crippen molar-refractivity contribution in [2.75, 3.05) is 13.2 Å². The third-order valence-electron chi connectivity index (χ3n) is 6.45. The number of carbonyl (C=O) groups excluding carboxylic acids is 2. The van der Waals surface area contributed by atoms with E-state index in [4.69, 9.17) is 17.0 Å². The van der Waals surface area contributed by atoms with E-state index in [1.54, 1.807) is 13.0 Å². The van der Waals surface area contributed by atoms with Gasteiger partial charge in [-0.2, -0.15) is 5.10 Å². The summed E-state index contributed by atoms with van der Waals surface area (Å²) in [5.74, 6) is 8.40. The molecule has 0 aromatic rings. The molecule has 0 radical (unpaired) electrons. The van der Waals surface area contributed by atoms with Crippen LogP contribution in [0.3, 0.4) is 0 Å². The lowest BCUT2D eigenvalue weighted by atomic mass is 9.73. The monoisotopic (exact) mass is 448 g/mol. The van der Waals surface area contributed by atoms with Gasteiger partial charge < -0.3 is 4.74 Å². The molecule has 0 aliphatic heterocycles. The van der Waals surface area contributed by atoms with Crippen molar-refractivity contribution >= 4 is 24.1 Å². The summed E-state index contributed by atoms with van der Waals surface area (Å²) in [6.07, 6.45) is 16.9. The van der Waals surface area contributed by atoms with Gasteiger partial charge in [0.15, 0.2) is 11.5 Å². The van der Waals surface area contributed by atoms with Crippen LogP contribution < -0.4 is 5.84 Å². The summed E-state index contributed by atoms with van der Waals surface area (Å²) in [6.45, 7) is 8.00. The van der Waals surface area contributed by atoms with Gasteiger partial charge in [0.25, 0.3) is 0 Å². The summed E-state index contributed by atoms with van der Waals surface area (Å²) < 4.78 is 5.91. The molecule has 0 heterocycles. The summed E-state index contributed by atoms with van der Waals surface area (Å²) in [7, 11) is 0. The maximum atomic E-state index is 13.7. The second kappa shape index (κ2) is 10.1. The van der Waals surface area contributed by atoms with Crippen molar-refractivity contribution in [3.63, 3.8) is 0 Å². The van der Waals surface area contributed by atoms with E-state index in [1.807, 2.05) is 19.9 Å². The van der Waals surface area contributed by atoms with E-state index >= 15 is 0 Å². The Bertz CT molecular complexity index is 1050. The lowest BCUT2D eigenvalue weighted by Crippen LogP contribution is -2.34. The normalized spacial score (nSPS) is 25.4. The summed E-state index contributed by atoms with van der Waals surface area (Å²) in [5, 5.41) is 8.80. The number of nitrogens with zero attached hydrogens (tertiary/aromatic N) is 3. The molecule has 3 aliphatic carbocycles. The van der Waals surface area contributed by atoms with E-state index in [2.05, 4.69) is 29.1 Å². The maximum absolute atomic E-state index is 13.7. The number of hydrazine groups is 1. The third-order valence-corrected chi connectivity index (χ3v) is 6.45. The van der Waals surface area contributed by atoms with E-state index in [0.717, 1.165) is 18.4 Å². The lowest BCUT2D eigenvalue weighted by molar-refractivity contribution is -0.119. The fourth-order valence-electron chi connectivity index (χ4n) is 4.49. The zero-order valence-corrected chi connectivity index (χ0v) is 19.8. The van der Waals surface area contributed by atoms with Gasteiger partial charge in [0.05, 0.1) is 6.54 Å². The second-order valence-corrected chi connectivity index (χ2v) is 9.03. The van der Waals surface area contributed by atoms with Gasteiger partial charge in [0, 0.05) is 28.3 Å². The van der Waals surface area contributed by atoms with Crippen LogP contribution in [0.25, 0.3) is 0 Å². The first-order valence-electron chi connectivity index (χ1n) is 11.3. The number of hydrogen-bond donors (Lipinski definition) is 1. The van der Waals surface area contributed by atoms with Crippen molar-refractivity contribution in [2.24, 2.45) is 33.3 Å². The predicted molar refractivity (Wildman–Crippen MR) is 130 cm³/mol. The molecule has 2 atom stereocenters. The molecule has 174 valence electrons. The Morgan fingerprint density at radius 3 is 2.79 bits per heavy atom. The van der Waals surface area contributed by atoms with Crippen LogP contribution in [0.5, 0.6) is 0 Å². The Balaban J connectivity index is 1.91. The molecule has 0 unspecified atom stereocenters. The van der Waals surface area contributed by atoms with Crippen molar-refractivity contribution < 1.29 is 14.3 Å². The standard InChI is InChI=1S/C26H32N4O3/c1-6-26(5)12-8-9-18-15-19(26)10-11-20-22(18)24(32)25(21(17(3)4)23(20)31)33-14-13-30(27)16-29-28-7-2/h1,7,9-11,16-17,19H,8,12-15,27H2,2-5H3/b28-7+,29-16-/t19-,26-/m1/s1. The molecule has 2 bridgehead atoms. The Kier molecular flexibility index (Phi) is 7.50. The summed E-state index contributed by atoms with van der Waals surface area (Å²) in [4.78, 5) is 27.3. The zero-order valence-electron chi connectivity index (χ0n) is 19.8. The zero-order chi connectivity index (χ0) is 24.2. The van der Waals surface area contributed by atoms with Gasteiger partial charge in [-0.1, -0.05) is 38.0 Å². The number of hydrogen-bond acceptors (Lipinski definition) is 6. The molecule has 0 fully saturated rings. The second-order valence-electron chi connectivity index (χ2n) is 9.03. The molecule has 3 rings (SSSR count). The van der Waals surface area contributed by atoms with E-state index < -0.39 is 0 Å². The highest BCUT2D eigenvalue weighted by atomic mass is 16.5. The maximum Gasteiger partial charge on any atom is 0.228 e. The molecule has 0 saturated carbocycles. The van der Waals surface area contributed by atoms with Crippen molar-refractivity contribution in [1.29, 1.82) is 0 Å². The van der Waals surface area contributed by atoms with Crippen LogP contribution in [-0.4, -0.2) is 42.3 Å². The summed E-state index contributed by atoms with van der Waals surface area (Å²) in [5.41, 5.74) is 1.84. The lowest BCUT2D eigenvalue weighted by Gasteiger charge is -2.29. The fraction of sp³-hybridized carbons (Fsp3) is 0.462. The van der Waals surface area contributed by atoms with E-state index in [-0.39, 0.29) is 47.7 Å². The Labute approximate surface area is 195 Å². The van der Waals surface area contributed by atoms with Crippen molar-refractivity contribution in [1.82, 2.24) is 5.01 Å². The quantitative estimate of drug-likeness (QED) is 0.161. The number of fused-ring (bicyclic) bond motifs is 3. The molecule has 0 aromatic carbocycles. The first-order chi connectivity index (χ1) is 15.7. The first kappa shape index (κ1) is 24.4. The van der Waals surface area contributed by atoms with E-state index in [1.165, 1.54) is 17.6 Å². The average molecular weight is 449 g/mol. The van der Waals surface area contributed by atoms with Crippen molar-refractivity contribution in [2.45, 2.75) is 47.0 Å². The number of carbonyl (C=O) groups is 2. The van der Waals surface area contributed by atoms with Crippen LogP contribution in [0.2, 0.25) is 0 Å². The van der Waals surface area contributed by atoms with Crippen LogP contribution in [0.15, 0.2) is 56.5 Å². The van der Waals surface area contributed by atoms with Crippen LogP contribution in [0.4, 0.5) is 0 Å². The molecule has 3 aliphatic rings. The molecular formula is C26H32N4O3. The molecule has 0 spiro atoms. The van der Waals surface area contributed by atoms with E-state index in [9.17, 15) is 9.59 Å². The van der Waals surface area contributed by atoms with Gasteiger partial charge in [-0.3, -0.25) is 14.6 Å². The highest BCUT2D eigenvalue weighted by Crippen LogP contribution is 2.46. The number of rotatable bonds is 7. The average Bonchev–Trinajstić information content (AvgIpc) is 3.07. The summed E-state index contributed by atoms with van der Waals surface area (Å²) >= 11 is 0. The topological polar surface area (TPSA) is 97.3 Å². The van der Waals surface area contributed by atoms with Crippen LogP contribution in [-0.2, 0) is 14.3 Å². The fourth-order valence-corrected chi connectivity index (χ4v) is 4.49. The molecule has 0 saturated heterocycles. The third kappa shape index (κ3) is 4.91. The highest BCUT2D eigenvalue weighted by Gasteiger charge is 2.42. The van der Waals surface area contributed by atoms with Gasteiger partial charge >= 0.3 is 0 Å². The van der Waals surface area contributed by atoms with Gasteiger partial charge in [0.1, 0.15) is 12.9 Å². The molecule has 0 aromatic heterocycles. The van der Waals surface area contributed by atoms with Crippen molar-refractivity contribution in [3.05, 3.63) is 46.3 Å². The molecule has 7 heteroatoms. The highest BCUT2D eigenvalue weighted by molar-refractivity contribution is 6.27. The SMILES string of the molecule is C#C[C@]1(C)CCC=C2C[C@H]1C=CC1=C2C(=O)C(OCCN(N)/C=N\N=C\C)=C(C(C)C)C1=O. The Morgan fingerprint density at radius 1 is 1.36 bits per heavy atom. The minimum Gasteiger partial charge on any atom is -0.487 e. The number of terminal acetylenes is 1. The summed E-state index contributed by atoms with van der Waals surface area (Å²) in [6, 6.07) is 0. The van der Waals surface area contributed by atoms with Crippen LogP contribution in [0, 0.1) is 29.6 Å². The van der Waals surface area contributed by atoms with Gasteiger partial charge in [0.2, 0.25) is 5.78 Å². The predicted octanol–water partition coefficient (Wildman–Crippen LogP) is 3.51. The molecule has 2 N–H and O–H groups in total. The molecular weight excluding hydrogens is 416 g/mol. The van der Waals surface area contributed by atoms with Crippen LogP contribution in [0.1, 0.15) is 47.0 Å². The number of allylic oxidation sites excluding steroid dienone is 7. The van der Waals surface area contributed by atoms with E-state index in [0.29, 0.717) is 23.1 Å². The number of ether oxygens (including phenoxy) is 1. The molecule has 0 amide bonds. The number of ketones is 2. The number of Topliss-reactive ketones (excluding diaryl/α,β-unsaturated/α-hetero) is 2. The Morgan fingerprint density at radius 2 is 2.12 bits per heavy atom. The molecule has 33 heavy (non-hydrogen) atoms. The number of nitrogens with two attached hydrogens (primary N) is 1. The first-order valence-corrected chi connectivity index (χ1v) is 11.3. The van der Waals surface area contributed by atoms with Crippen molar-refractivity contribution in [3.8, 4) is 12.3 Å². The van der Waals surface area contributed by atoms with Gasteiger partial charge in [-0.25, -0.2) is 5.84 Å². The van der Waals surface area contributed by atoms with Gasteiger partial charge in [-0.05, 0) is 50.5 Å².